The van der Waals surface area contributed by atoms with Gasteiger partial charge in [-0.2, -0.15) is 8.42 Å². The van der Waals surface area contributed by atoms with Crippen molar-refractivity contribution in [1.82, 2.24) is 0 Å². The van der Waals surface area contributed by atoms with Crippen molar-refractivity contribution in [1.29, 1.82) is 0 Å². The molecule has 2 aromatic carbocycles. The maximum atomic E-state index is 12.7. The molecule has 31 heavy (non-hydrogen) atoms. The summed E-state index contributed by atoms with van der Waals surface area (Å²) in [5.74, 6) is -0.376. The zero-order chi connectivity index (χ0) is 22.8. The Morgan fingerprint density at radius 1 is 1.16 bits per heavy atom. The van der Waals surface area contributed by atoms with Gasteiger partial charge in [0.15, 0.2) is 5.78 Å². The lowest BCUT2D eigenvalue weighted by atomic mass is 9.75. The molecule has 7 nitrogen and oxygen atoms in total. The van der Waals surface area contributed by atoms with Gasteiger partial charge >= 0.3 is 0 Å². The van der Waals surface area contributed by atoms with Gasteiger partial charge in [-0.3, -0.25) is 19.5 Å². The van der Waals surface area contributed by atoms with Crippen LogP contribution in [0.4, 0.5) is 5.69 Å². The van der Waals surface area contributed by atoms with Crippen LogP contribution in [0.2, 0.25) is 0 Å². The van der Waals surface area contributed by atoms with E-state index < -0.39 is 20.5 Å². The van der Waals surface area contributed by atoms with Gasteiger partial charge in [-0.25, -0.2) is 0 Å². The maximum Gasteiger partial charge on any atom is 0.294 e. The molecule has 0 radical (unpaired) electrons. The van der Waals surface area contributed by atoms with Crippen LogP contribution in [0.25, 0.3) is 5.57 Å². The lowest BCUT2D eigenvalue weighted by molar-refractivity contribution is -0.385. The number of nitro groups is 1. The summed E-state index contributed by atoms with van der Waals surface area (Å²) in [5.41, 5.74) is -0.0332. The molecule has 1 N–H and O–H groups in total. The molecule has 162 valence electrons. The monoisotopic (exact) mass is 441 g/mol. The first-order chi connectivity index (χ1) is 14.6. The minimum atomic E-state index is -4.60. The quantitative estimate of drug-likeness (QED) is 0.274. The van der Waals surface area contributed by atoms with Crippen molar-refractivity contribution < 1.29 is 22.7 Å². The summed E-state index contributed by atoms with van der Waals surface area (Å²) in [7, 11) is -4.60. The number of hydrogen-bond acceptors (Lipinski definition) is 5. The first-order valence-electron chi connectivity index (χ1n) is 9.84. The number of hydrogen-bond donors (Lipinski definition) is 1. The van der Waals surface area contributed by atoms with Crippen molar-refractivity contribution in [2.75, 3.05) is 0 Å². The summed E-state index contributed by atoms with van der Waals surface area (Å²) >= 11 is 0. The first-order valence-corrected chi connectivity index (χ1v) is 11.3. The summed E-state index contributed by atoms with van der Waals surface area (Å²) in [6, 6.07) is 12.4. The third kappa shape index (κ3) is 4.81. The van der Waals surface area contributed by atoms with Crippen LogP contribution in [0.3, 0.4) is 0 Å². The Hall–Kier alpha value is -3.10. The Morgan fingerprint density at radius 3 is 2.42 bits per heavy atom. The van der Waals surface area contributed by atoms with Gasteiger partial charge in [0.25, 0.3) is 15.8 Å². The number of allylic oxidation sites excluding steroid dienone is 3. The van der Waals surface area contributed by atoms with E-state index in [4.69, 9.17) is 0 Å². The van der Waals surface area contributed by atoms with E-state index in [1.807, 2.05) is 13.8 Å². The number of nitrogens with zero attached hydrogens (tertiary/aromatic N) is 1. The van der Waals surface area contributed by atoms with Crippen molar-refractivity contribution in [2.24, 2.45) is 5.41 Å². The van der Waals surface area contributed by atoms with Crippen molar-refractivity contribution in [3.8, 4) is 0 Å². The molecule has 0 aliphatic heterocycles. The van der Waals surface area contributed by atoms with Crippen LogP contribution in [0.5, 0.6) is 0 Å². The predicted octanol–water partition coefficient (Wildman–Crippen LogP) is 5.19. The Labute approximate surface area is 181 Å². The van der Waals surface area contributed by atoms with Gasteiger partial charge < -0.3 is 0 Å². The van der Waals surface area contributed by atoms with Gasteiger partial charge in [-0.15, -0.1) is 0 Å². The number of rotatable bonds is 7. The van der Waals surface area contributed by atoms with Gasteiger partial charge in [-0.1, -0.05) is 56.7 Å². The number of carbonyl (C=O) groups excluding carboxylic acids is 1. The topological polar surface area (TPSA) is 115 Å². The standard InChI is InChI=1S/C23H23NO6S/c1-3-12-23(2)13-11-21(31(28,29)30)19(15-23)18-10-9-17(14-20(18)24(26)27)22(25)16-7-5-4-6-8-16/h4-11,13-14H,3,12,15H2,1-2H3,(H,28,29,30). The summed E-state index contributed by atoms with van der Waals surface area (Å²) in [5, 5.41) is 11.9. The zero-order valence-electron chi connectivity index (χ0n) is 17.2. The molecule has 0 aromatic heterocycles. The molecule has 0 spiro atoms. The van der Waals surface area contributed by atoms with Gasteiger partial charge in [0.2, 0.25) is 0 Å². The molecular weight excluding hydrogens is 418 g/mol. The van der Waals surface area contributed by atoms with Crippen LogP contribution in [-0.4, -0.2) is 23.7 Å². The minimum Gasteiger partial charge on any atom is -0.289 e. The number of carbonyl (C=O) groups is 1. The van der Waals surface area contributed by atoms with E-state index in [0.29, 0.717) is 5.56 Å². The van der Waals surface area contributed by atoms with E-state index in [2.05, 4.69) is 0 Å². The van der Waals surface area contributed by atoms with Crippen LogP contribution in [-0.2, 0) is 10.1 Å². The summed E-state index contributed by atoms with van der Waals surface area (Å²) in [6.45, 7) is 3.93. The van der Waals surface area contributed by atoms with E-state index in [0.717, 1.165) is 18.9 Å². The molecule has 0 amide bonds. The van der Waals surface area contributed by atoms with Gasteiger partial charge in [0.05, 0.1) is 15.4 Å². The molecule has 3 rings (SSSR count). The molecule has 8 heteroatoms. The minimum absolute atomic E-state index is 0.0777. The Bertz CT molecular complexity index is 1200. The fourth-order valence-electron chi connectivity index (χ4n) is 3.98. The van der Waals surface area contributed by atoms with Crippen LogP contribution >= 0.6 is 0 Å². The smallest absolute Gasteiger partial charge is 0.289 e. The molecule has 1 atom stereocenters. The normalized spacial score (nSPS) is 18.8. The second-order valence-corrected chi connectivity index (χ2v) is 9.31. The molecule has 0 saturated heterocycles. The SMILES string of the molecule is CCCC1(C)C=CC(S(=O)(=O)O)=C(c2ccc(C(=O)c3ccccc3)cc2[N+](=O)[O-])C1. The van der Waals surface area contributed by atoms with Crippen LogP contribution in [0.15, 0.2) is 65.6 Å². The molecule has 0 fully saturated rings. The Morgan fingerprint density at radius 2 is 1.84 bits per heavy atom. The predicted molar refractivity (Wildman–Crippen MR) is 118 cm³/mol. The van der Waals surface area contributed by atoms with E-state index in [1.54, 1.807) is 36.4 Å². The molecule has 1 aliphatic rings. The highest BCUT2D eigenvalue weighted by Gasteiger charge is 2.34. The second kappa shape index (κ2) is 8.56. The fraction of sp³-hybridized carbons (Fsp3) is 0.261. The fourth-order valence-corrected chi connectivity index (χ4v) is 4.71. The summed E-state index contributed by atoms with van der Waals surface area (Å²) in [4.78, 5) is 23.6. The number of benzene rings is 2. The molecule has 1 unspecified atom stereocenters. The lowest BCUT2D eigenvalue weighted by Crippen LogP contribution is -2.20. The van der Waals surface area contributed by atoms with E-state index in [9.17, 15) is 27.9 Å². The van der Waals surface area contributed by atoms with Crippen molar-refractivity contribution in [2.45, 2.75) is 33.1 Å². The van der Waals surface area contributed by atoms with Crippen LogP contribution in [0.1, 0.15) is 54.6 Å². The number of ketones is 1. The molecule has 2 aromatic rings. The average molecular weight is 442 g/mol. The lowest BCUT2D eigenvalue weighted by Gasteiger charge is -2.31. The second-order valence-electron chi connectivity index (χ2n) is 7.92. The van der Waals surface area contributed by atoms with E-state index >= 15 is 0 Å². The summed E-state index contributed by atoms with van der Waals surface area (Å²) in [6.07, 6.45) is 4.82. The highest BCUT2D eigenvalue weighted by atomic mass is 32.2. The third-order valence-electron chi connectivity index (χ3n) is 5.43. The van der Waals surface area contributed by atoms with Crippen LogP contribution < -0.4 is 0 Å². The highest BCUT2D eigenvalue weighted by molar-refractivity contribution is 7.90. The molecular formula is C23H23NO6S. The van der Waals surface area contributed by atoms with Gasteiger partial charge in [0, 0.05) is 17.2 Å². The molecule has 0 saturated carbocycles. The average Bonchev–Trinajstić information content (AvgIpc) is 2.72. The van der Waals surface area contributed by atoms with Crippen molar-refractivity contribution in [3.63, 3.8) is 0 Å². The van der Waals surface area contributed by atoms with E-state index in [1.165, 1.54) is 18.2 Å². The van der Waals surface area contributed by atoms with Gasteiger partial charge in [-0.05, 0) is 42.0 Å². The first kappa shape index (κ1) is 22.6. The Kier molecular flexibility index (Phi) is 6.24. The van der Waals surface area contributed by atoms with E-state index in [-0.39, 0.29) is 39.5 Å². The molecule has 0 heterocycles. The third-order valence-corrected chi connectivity index (χ3v) is 6.37. The molecule has 1 aliphatic carbocycles. The largest absolute Gasteiger partial charge is 0.294 e. The van der Waals surface area contributed by atoms with Crippen molar-refractivity contribution in [3.05, 3.63) is 92.4 Å². The summed E-state index contributed by atoms with van der Waals surface area (Å²) < 4.78 is 33.7. The zero-order valence-corrected chi connectivity index (χ0v) is 18.1. The Balaban J connectivity index is 2.18. The highest BCUT2D eigenvalue weighted by Crippen LogP contribution is 2.45. The molecule has 0 bridgehead atoms. The maximum absolute atomic E-state index is 12.7. The van der Waals surface area contributed by atoms with Crippen molar-refractivity contribution >= 4 is 27.2 Å². The number of nitro benzene ring substituents is 1. The van der Waals surface area contributed by atoms with Gasteiger partial charge in [0.1, 0.15) is 0 Å². The van der Waals surface area contributed by atoms with Crippen LogP contribution in [0, 0.1) is 15.5 Å².